The fourth-order valence-electron chi connectivity index (χ4n) is 3.95. The van der Waals surface area contributed by atoms with Crippen molar-refractivity contribution >= 4 is 27.4 Å². The fourth-order valence-corrected chi connectivity index (χ4v) is 4.35. The summed E-state index contributed by atoms with van der Waals surface area (Å²) in [6, 6.07) is 1.58. The van der Waals surface area contributed by atoms with Crippen LogP contribution in [-0.4, -0.2) is 44.9 Å². The summed E-state index contributed by atoms with van der Waals surface area (Å²) < 4.78 is 2.83. The number of aromatic nitrogens is 3. The van der Waals surface area contributed by atoms with Crippen molar-refractivity contribution in [1.82, 2.24) is 19.3 Å². The zero-order valence-corrected chi connectivity index (χ0v) is 13.8. The second-order valence-corrected chi connectivity index (χ2v) is 7.15. The summed E-state index contributed by atoms with van der Waals surface area (Å²) in [4.78, 5) is 11.5. The smallest absolute Gasteiger partial charge is 0.180 e. The molecule has 2 aromatic rings. The van der Waals surface area contributed by atoms with Gasteiger partial charge in [-0.25, -0.2) is 9.97 Å². The van der Waals surface area contributed by atoms with Gasteiger partial charge in [0.25, 0.3) is 0 Å². The molecule has 0 aliphatic carbocycles. The first-order chi connectivity index (χ1) is 10.2. The largest absolute Gasteiger partial charge is 0.367 e. The molecule has 2 aliphatic rings. The first-order valence-corrected chi connectivity index (χ1v) is 8.45. The molecule has 2 atom stereocenters. The minimum absolute atomic E-state index is 0.745. The normalized spacial score (nSPS) is 29.1. The van der Waals surface area contributed by atoms with Crippen molar-refractivity contribution in [3.05, 3.63) is 23.2 Å². The molecule has 2 unspecified atom stereocenters. The van der Waals surface area contributed by atoms with Gasteiger partial charge in [-0.05, 0) is 54.6 Å². The zero-order chi connectivity index (χ0) is 14.4. The summed E-state index contributed by atoms with van der Waals surface area (Å²) >= 11 is 3.46. The summed E-state index contributed by atoms with van der Waals surface area (Å²) in [6.45, 7) is 0.993. The lowest BCUT2D eigenvalue weighted by atomic mass is 9.91. The van der Waals surface area contributed by atoms with Crippen molar-refractivity contribution in [2.45, 2.75) is 37.8 Å². The zero-order valence-electron chi connectivity index (χ0n) is 12.2. The van der Waals surface area contributed by atoms with Crippen LogP contribution in [0.15, 0.2) is 23.2 Å². The van der Waals surface area contributed by atoms with E-state index in [-0.39, 0.29) is 0 Å². The molecule has 6 heteroatoms. The summed E-state index contributed by atoms with van der Waals surface area (Å²) in [5.74, 6) is 1.62. The van der Waals surface area contributed by atoms with Gasteiger partial charge in [-0.15, -0.1) is 0 Å². The third-order valence-electron chi connectivity index (χ3n) is 5.10. The van der Waals surface area contributed by atoms with Gasteiger partial charge in [0.15, 0.2) is 11.5 Å². The number of anilines is 1. The Morgan fingerprint density at radius 3 is 2.86 bits per heavy atom. The first kappa shape index (κ1) is 13.5. The van der Waals surface area contributed by atoms with E-state index in [9.17, 15) is 0 Å². The van der Waals surface area contributed by atoms with Gasteiger partial charge in [0.1, 0.15) is 4.60 Å². The van der Waals surface area contributed by atoms with E-state index in [1.54, 1.807) is 0 Å². The summed E-state index contributed by atoms with van der Waals surface area (Å²) in [5.41, 5.74) is 0.897. The number of rotatable bonds is 3. The second-order valence-electron chi connectivity index (χ2n) is 6.34. The van der Waals surface area contributed by atoms with E-state index in [4.69, 9.17) is 0 Å². The molecular formula is C15H20BrN5. The van der Waals surface area contributed by atoms with Gasteiger partial charge in [-0.2, -0.15) is 0 Å². The van der Waals surface area contributed by atoms with Gasteiger partial charge in [0.2, 0.25) is 0 Å². The standard InChI is InChI=1S/C15H20BrN5/c1-20-11-2-3-12(20)7-10(6-11)8-18-14-15-17-4-5-21(15)9-13(16)19-14/h4-5,9-12H,2-3,6-8H2,1H3,(H,18,19). The summed E-state index contributed by atoms with van der Waals surface area (Å²) in [6.07, 6.45) is 11.0. The highest BCUT2D eigenvalue weighted by atomic mass is 79.9. The van der Waals surface area contributed by atoms with E-state index in [0.717, 1.165) is 40.6 Å². The number of piperidine rings is 1. The molecule has 1 N–H and O–H groups in total. The lowest BCUT2D eigenvalue weighted by Crippen LogP contribution is -2.41. The number of fused-ring (bicyclic) bond motifs is 3. The molecule has 21 heavy (non-hydrogen) atoms. The molecule has 2 bridgehead atoms. The Kier molecular flexibility index (Phi) is 3.38. The van der Waals surface area contributed by atoms with Gasteiger partial charge in [0.05, 0.1) is 0 Å². The van der Waals surface area contributed by atoms with Crippen LogP contribution in [0, 0.1) is 5.92 Å². The topological polar surface area (TPSA) is 45.5 Å². The highest BCUT2D eigenvalue weighted by Gasteiger charge is 2.38. The molecule has 112 valence electrons. The molecule has 2 aromatic heterocycles. The molecule has 4 heterocycles. The SMILES string of the molecule is CN1C2CCC1CC(CNc1nc(Br)cn3ccnc13)C2. The number of hydrogen-bond donors (Lipinski definition) is 1. The van der Waals surface area contributed by atoms with Crippen molar-refractivity contribution < 1.29 is 0 Å². The van der Waals surface area contributed by atoms with Gasteiger partial charge in [-0.3, -0.25) is 0 Å². The van der Waals surface area contributed by atoms with Crippen LogP contribution < -0.4 is 5.32 Å². The minimum Gasteiger partial charge on any atom is -0.367 e. The van der Waals surface area contributed by atoms with Crippen LogP contribution in [0.5, 0.6) is 0 Å². The predicted molar refractivity (Wildman–Crippen MR) is 86.5 cm³/mol. The van der Waals surface area contributed by atoms with Gasteiger partial charge < -0.3 is 14.6 Å². The molecule has 5 nitrogen and oxygen atoms in total. The van der Waals surface area contributed by atoms with Crippen molar-refractivity contribution in [2.24, 2.45) is 5.92 Å². The monoisotopic (exact) mass is 349 g/mol. The fraction of sp³-hybridized carbons (Fsp3) is 0.600. The number of imidazole rings is 1. The predicted octanol–water partition coefficient (Wildman–Crippen LogP) is 2.78. The van der Waals surface area contributed by atoms with Gasteiger partial charge in [0, 0.05) is 37.2 Å². The quantitative estimate of drug-likeness (QED) is 0.925. The van der Waals surface area contributed by atoms with E-state index < -0.39 is 0 Å². The highest BCUT2D eigenvalue weighted by molar-refractivity contribution is 9.10. The number of hydrogen-bond acceptors (Lipinski definition) is 4. The minimum atomic E-state index is 0.745. The van der Waals surface area contributed by atoms with Crippen molar-refractivity contribution in [1.29, 1.82) is 0 Å². The maximum absolute atomic E-state index is 4.54. The molecule has 0 amide bonds. The van der Waals surface area contributed by atoms with Crippen LogP contribution in [-0.2, 0) is 0 Å². The Bertz CT molecular complexity index is 641. The first-order valence-electron chi connectivity index (χ1n) is 7.65. The molecule has 4 rings (SSSR count). The molecule has 0 saturated carbocycles. The Labute approximate surface area is 132 Å². The van der Waals surface area contributed by atoms with E-state index >= 15 is 0 Å². The number of nitrogens with zero attached hydrogens (tertiary/aromatic N) is 4. The Balaban J connectivity index is 1.48. The molecule has 2 saturated heterocycles. The maximum atomic E-state index is 4.54. The number of halogens is 1. The van der Waals surface area contributed by atoms with Crippen molar-refractivity contribution in [2.75, 3.05) is 18.9 Å². The van der Waals surface area contributed by atoms with E-state index in [2.05, 4.69) is 43.2 Å². The van der Waals surface area contributed by atoms with Gasteiger partial charge in [-0.1, -0.05) is 0 Å². The average Bonchev–Trinajstić information content (AvgIpc) is 2.98. The second kappa shape index (κ2) is 5.25. The Morgan fingerprint density at radius 2 is 2.10 bits per heavy atom. The molecule has 0 aromatic carbocycles. The van der Waals surface area contributed by atoms with E-state index in [1.165, 1.54) is 25.7 Å². The third kappa shape index (κ3) is 2.44. The lowest BCUT2D eigenvalue weighted by Gasteiger charge is -2.36. The van der Waals surface area contributed by atoms with Crippen molar-refractivity contribution in [3.63, 3.8) is 0 Å². The van der Waals surface area contributed by atoms with Crippen LogP contribution in [0.2, 0.25) is 0 Å². The van der Waals surface area contributed by atoms with Crippen LogP contribution in [0.25, 0.3) is 5.65 Å². The molecule has 2 fully saturated rings. The molecule has 2 aliphatic heterocycles. The van der Waals surface area contributed by atoms with Crippen LogP contribution in [0.3, 0.4) is 0 Å². The van der Waals surface area contributed by atoms with E-state index in [0.29, 0.717) is 0 Å². The Hall–Kier alpha value is -1.14. The lowest BCUT2D eigenvalue weighted by molar-refractivity contribution is 0.139. The Morgan fingerprint density at radius 1 is 1.33 bits per heavy atom. The van der Waals surface area contributed by atoms with Crippen LogP contribution in [0.4, 0.5) is 5.82 Å². The number of nitrogens with one attached hydrogen (secondary N) is 1. The summed E-state index contributed by atoms with van der Waals surface area (Å²) in [7, 11) is 2.29. The molecule has 0 radical (unpaired) electrons. The summed E-state index contributed by atoms with van der Waals surface area (Å²) in [5, 5.41) is 3.53. The van der Waals surface area contributed by atoms with Gasteiger partial charge >= 0.3 is 0 Å². The van der Waals surface area contributed by atoms with E-state index in [1.807, 2.05) is 23.0 Å². The van der Waals surface area contributed by atoms with Crippen LogP contribution in [0.1, 0.15) is 25.7 Å². The average molecular weight is 350 g/mol. The highest BCUT2D eigenvalue weighted by Crippen LogP contribution is 2.37. The maximum Gasteiger partial charge on any atom is 0.180 e. The molecule has 0 spiro atoms. The van der Waals surface area contributed by atoms with Crippen LogP contribution >= 0.6 is 15.9 Å². The third-order valence-corrected chi connectivity index (χ3v) is 5.48. The molecular weight excluding hydrogens is 330 g/mol. The van der Waals surface area contributed by atoms with Crippen molar-refractivity contribution in [3.8, 4) is 0 Å².